The second kappa shape index (κ2) is 7.42. The maximum absolute atomic E-state index is 4.82. The highest BCUT2D eigenvalue weighted by Crippen LogP contribution is 2.27. The lowest BCUT2D eigenvalue weighted by Gasteiger charge is -2.19. The molecule has 1 heterocycles. The van der Waals surface area contributed by atoms with Crippen molar-refractivity contribution < 1.29 is 0 Å². The van der Waals surface area contributed by atoms with Gasteiger partial charge in [0.1, 0.15) is 5.82 Å². The second-order valence-corrected chi connectivity index (χ2v) is 7.97. The Morgan fingerprint density at radius 2 is 1.62 bits per heavy atom. The van der Waals surface area contributed by atoms with Crippen LogP contribution >= 0.6 is 0 Å². The van der Waals surface area contributed by atoms with E-state index in [0.717, 1.165) is 41.2 Å². The maximum atomic E-state index is 4.82. The summed E-state index contributed by atoms with van der Waals surface area (Å²) in [5.74, 6) is 1.66. The van der Waals surface area contributed by atoms with Crippen LogP contribution in [0.15, 0.2) is 48.5 Å². The molecule has 0 spiro atoms. The first-order valence-electron chi connectivity index (χ1n) is 9.11. The lowest BCUT2D eigenvalue weighted by Crippen LogP contribution is -2.21. The number of anilines is 1. The fourth-order valence-electron chi connectivity index (χ4n) is 2.86. The van der Waals surface area contributed by atoms with Crippen molar-refractivity contribution in [1.29, 1.82) is 0 Å². The van der Waals surface area contributed by atoms with Crippen LogP contribution in [-0.4, -0.2) is 42.1 Å². The van der Waals surface area contributed by atoms with Crippen molar-refractivity contribution in [3.63, 3.8) is 0 Å². The molecule has 0 amide bonds. The summed E-state index contributed by atoms with van der Waals surface area (Å²) >= 11 is 0. The van der Waals surface area contributed by atoms with Gasteiger partial charge in [-0.25, -0.2) is 9.97 Å². The third-order valence-electron chi connectivity index (χ3n) is 4.46. The van der Waals surface area contributed by atoms with Crippen molar-refractivity contribution in [3.8, 4) is 11.4 Å². The Bertz CT molecular complexity index is 877. The summed E-state index contributed by atoms with van der Waals surface area (Å²) in [6, 6.07) is 16.7. The molecule has 0 radical (unpaired) electrons. The van der Waals surface area contributed by atoms with Crippen LogP contribution in [0.2, 0.25) is 0 Å². The third kappa shape index (κ3) is 4.20. The van der Waals surface area contributed by atoms with Crippen LogP contribution in [0, 0.1) is 0 Å². The molecule has 2 aromatic carbocycles. The van der Waals surface area contributed by atoms with Crippen molar-refractivity contribution in [3.05, 3.63) is 54.1 Å². The minimum atomic E-state index is 0.141. The number of hydrogen-bond donors (Lipinski definition) is 1. The molecule has 1 N–H and O–H groups in total. The normalized spacial score (nSPS) is 11.9. The van der Waals surface area contributed by atoms with Gasteiger partial charge >= 0.3 is 0 Å². The van der Waals surface area contributed by atoms with Gasteiger partial charge in [-0.3, -0.25) is 0 Å². The molecular formula is C22H28N4. The third-order valence-corrected chi connectivity index (χ3v) is 4.46. The standard InChI is InChI=1S/C22H28N4/c1-22(2,3)17-12-10-16(11-13-17)20-24-19-9-7-6-8-18(19)21(25-20)23-14-15-26(4)5/h6-13H,14-15H2,1-5H3,(H,23,24,25). The largest absolute Gasteiger partial charge is 0.368 e. The Labute approximate surface area is 156 Å². The first kappa shape index (κ1) is 18.3. The Balaban J connectivity index is 1.98. The summed E-state index contributed by atoms with van der Waals surface area (Å²) < 4.78 is 0. The predicted octanol–water partition coefficient (Wildman–Crippen LogP) is 4.57. The minimum absolute atomic E-state index is 0.141. The molecule has 136 valence electrons. The highest BCUT2D eigenvalue weighted by atomic mass is 15.1. The van der Waals surface area contributed by atoms with E-state index in [2.05, 4.69) is 75.4 Å². The Morgan fingerprint density at radius 3 is 2.27 bits per heavy atom. The van der Waals surface area contributed by atoms with Crippen molar-refractivity contribution in [1.82, 2.24) is 14.9 Å². The minimum Gasteiger partial charge on any atom is -0.368 e. The van der Waals surface area contributed by atoms with Crippen LogP contribution in [0.3, 0.4) is 0 Å². The van der Waals surface area contributed by atoms with Crippen LogP contribution in [-0.2, 0) is 5.41 Å². The Morgan fingerprint density at radius 1 is 0.923 bits per heavy atom. The van der Waals surface area contributed by atoms with Crippen LogP contribution in [0.25, 0.3) is 22.3 Å². The van der Waals surface area contributed by atoms with Crippen LogP contribution in [0.5, 0.6) is 0 Å². The molecule has 0 saturated carbocycles. The highest BCUT2D eigenvalue weighted by molar-refractivity contribution is 5.90. The quantitative estimate of drug-likeness (QED) is 0.733. The van der Waals surface area contributed by atoms with E-state index in [9.17, 15) is 0 Å². The maximum Gasteiger partial charge on any atom is 0.162 e. The van der Waals surface area contributed by atoms with Gasteiger partial charge in [-0.15, -0.1) is 0 Å². The van der Waals surface area contributed by atoms with Gasteiger partial charge in [0, 0.05) is 24.0 Å². The van der Waals surface area contributed by atoms with E-state index in [0.29, 0.717) is 0 Å². The van der Waals surface area contributed by atoms with Gasteiger partial charge in [0.05, 0.1) is 5.52 Å². The zero-order valence-electron chi connectivity index (χ0n) is 16.4. The molecule has 4 heteroatoms. The van der Waals surface area contributed by atoms with E-state index in [1.807, 2.05) is 18.2 Å². The average Bonchev–Trinajstić information content (AvgIpc) is 2.60. The number of nitrogens with zero attached hydrogens (tertiary/aromatic N) is 3. The molecule has 3 rings (SSSR count). The monoisotopic (exact) mass is 348 g/mol. The summed E-state index contributed by atoms with van der Waals surface area (Å²) in [6.07, 6.45) is 0. The van der Waals surface area contributed by atoms with E-state index in [-0.39, 0.29) is 5.41 Å². The molecule has 0 fully saturated rings. The van der Waals surface area contributed by atoms with Gasteiger partial charge in [-0.05, 0) is 37.2 Å². The van der Waals surface area contributed by atoms with Crippen molar-refractivity contribution in [2.45, 2.75) is 26.2 Å². The molecule has 0 aliphatic carbocycles. The van der Waals surface area contributed by atoms with E-state index in [1.54, 1.807) is 0 Å². The number of nitrogens with one attached hydrogen (secondary N) is 1. The van der Waals surface area contributed by atoms with Crippen molar-refractivity contribution in [2.75, 3.05) is 32.5 Å². The number of fused-ring (bicyclic) bond motifs is 1. The van der Waals surface area contributed by atoms with E-state index >= 15 is 0 Å². The van der Waals surface area contributed by atoms with Gasteiger partial charge in [0.25, 0.3) is 0 Å². The van der Waals surface area contributed by atoms with Crippen LogP contribution in [0.4, 0.5) is 5.82 Å². The summed E-state index contributed by atoms with van der Waals surface area (Å²) in [4.78, 5) is 11.8. The van der Waals surface area contributed by atoms with Gasteiger partial charge in [-0.1, -0.05) is 57.2 Å². The molecule has 0 aliphatic heterocycles. The SMILES string of the molecule is CN(C)CCNc1nc(-c2ccc(C(C)(C)C)cc2)nc2ccccc12. The number of aromatic nitrogens is 2. The van der Waals surface area contributed by atoms with Crippen molar-refractivity contribution >= 4 is 16.7 Å². The Kier molecular flexibility index (Phi) is 5.23. The van der Waals surface area contributed by atoms with Gasteiger partial charge < -0.3 is 10.2 Å². The fraction of sp³-hybridized carbons (Fsp3) is 0.364. The molecule has 0 unspecified atom stereocenters. The van der Waals surface area contributed by atoms with E-state index in [1.165, 1.54) is 5.56 Å². The van der Waals surface area contributed by atoms with Crippen LogP contribution in [0.1, 0.15) is 26.3 Å². The Hall–Kier alpha value is -2.46. The first-order chi connectivity index (χ1) is 12.3. The number of benzene rings is 2. The zero-order valence-corrected chi connectivity index (χ0v) is 16.4. The molecule has 0 bridgehead atoms. The molecule has 1 aromatic heterocycles. The topological polar surface area (TPSA) is 41.0 Å². The highest BCUT2D eigenvalue weighted by Gasteiger charge is 2.14. The molecule has 0 saturated heterocycles. The summed E-state index contributed by atoms with van der Waals surface area (Å²) in [5.41, 5.74) is 3.46. The summed E-state index contributed by atoms with van der Waals surface area (Å²) in [5, 5.41) is 4.53. The number of rotatable bonds is 5. The number of likely N-dealkylation sites (N-methyl/N-ethyl adjacent to an activating group) is 1. The lowest BCUT2D eigenvalue weighted by atomic mass is 9.87. The molecule has 0 atom stereocenters. The molecule has 0 aliphatic rings. The van der Waals surface area contributed by atoms with Crippen molar-refractivity contribution in [2.24, 2.45) is 0 Å². The average molecular weight is 348 g/mol. The number of para-hydroxylation sites is 1. The lowest BCUT2D eigenvalue weighted by molar-refractivity contribution is 0.425. The first-order valence-corrected chi connectivity index (χ1v) is 9.11. The van der Waals surface area contributed by atoms with Gasteiger partial charge in [-0.2, -0.15) is 0 Å². The molecular weight excluding hydrogens is 320 g/mol. The summed E-state index contributed by atoms with van der Waals surface area (Å²) in [6.45, 7) is 8.47. The molecule has 4 nitrogen and oxygen atoms in total. The number of hydrogen-bond acceptors (Lipinski definition) is 4. The summed E-state index contributed by atoms with van der Waals surface area (Å²) in [7, 11) is 4.14. The molecule has 3 aromatic rings. The predicted molar refractivity (Wildman–Crippen MR) is 111 cm³/mol. The smallest absolute Gasteiger partial charge is 0.162 e. The molecule has 26 heavy (non-hydrogen) atoms. The van der Waals surface area contributed by atoms with Gasteiger partial charge in [0.2, 0.25) is 0 Å². The van der Waals surface area contributed by atoms with E-state index < -0.39 is 0 Å². The fourth-order valence-corrected chi connectivity index (χ4v) is 2.86. The second-order valence-electron chi connectivity index (χ2n) is 7.97. The zero-order chi connectivity index (χ0) is 18.7. The van der Waals surface area contributed by atoms with Gasteiger partial charge in [0.15, 0.2) is 5.82 Å². The van der Waals surface area contributed by atoms with Crippen LogP contribution < -0.4 is 5.32 Å². The van der Waals surface area contributed by atoms with E-state index in [4.69, 9.17) is 9.97 Å².